The highest BCUT2D eigenvalue weighted by atomic mass is 16.2. The highest BCUT2D eigenvalue weighted by molar-refractivity contribution is 5.81. The summed E-state index contributed by atoms with van der Waals surface area (Å²) in [5.41, 5.74) is 1.40. The Morgan fingerprint density at radius 3 is 2.79 bits per heavy atom. The van der Waals surface area contributed by atoms with Crippen LogP contribution in [-0.2, 0) is 11.2 Å². The number of carbonyl (C=O) groups excluding carboxylic acids is 1. The zero-order valence-electron chi connectivity index (χ0n) is 14.7. The molecule has 24 heavy (non-hydrogen) atoms. The van der Waals surface area contributed by atoms with Gasteiger partial charge in [0.25, 0.3) is 0 Å². The highest BCUT2D eigenvalue weighted by Crippen LogP contribution is 2.33. The van der Waals surface area contributed by atoms with E-state index in [1.165, 1.54) is 12.0 Å². The van der Waals surface area contributed by atoms with Gasteiger partial charge in [-0.1, -0.05) is 37.3 Å². The number of hydrogen-bond acceptors (Lipinski definition) is 2. The van der Waals surface area contributed by atoms with Gasteiger partial charge in [-0.2, -0.15) is 0 Å². The molecule has 3 atom stereocenters. The summed E-state index contributed by atoms with van der Waals surface area (Å²) in [7, 11) is 1.81. The van der Waals surface area contributed by atoms with Crippen molar-refractivity contribution in [1.82, 2.24) is 15.5 Å². The summed E-state index contributed by atoms with van der Waals surface area (Å²) in [6.07, 6.45) is 3.89. The van der Waals surface area contributed by atoms with Gasteiger partial charge in [0.05, 0.1) is 0 Å². The van der Waals surface area contributed by atoms with E-state index in [-0.39, 0.29) is 5.91 Å². The maximum absolute atomic E-state index is 11.8. The lowest BCUT2D eigenvalue weighted by Crippen LogP contribution is -2.46. The van der Waals surface area contributed by atoms with Gasteiger partial charge in [0, 0.05) is 38.6 Å². The molecule has 130 valence electrons. The summed E-state index contributed by atoms with van der Waals surface area (Å²) >= 11 is 0. The number of aliphatic imine (C=N–C) groups is 1. The van der Waals surface area contributed by atoms with Gasteiger partial charge >= 0.3 is 0 Å². The highest BCUT2D eigenvalue weighted by Gasteiger charge is 2.38. The normalized spacial score (nSPS) is 26.3. The fourth-order valence-corrected chi connectivity index (χ4v) is 3.43. The molecule has 3 rings (SSSR count). The van der Waals surface area contributed by atoms with Crippen LogP contribution < -0.4 is 10.6 Å². The average Bonchev–Trinajstić information content (AvgIpc) is 3.15. The number of hydrogen-bond donors (Lipinski definition) is 2. The number of rotatable bonds is 5. The molecule has 1 amide bonds. The molecular formula is C19H28N4O. The number of amides is 1. The number of nitrogens with zero attached hydrogens (tertiary/aromatic N) is 2. The van der Waals surface area contributed by atoms with Crippen LogP contribution in [0.1, 0.15) is 31.7 Å². The molecule has 1 saturated heterocycles. The lowest BCUT2D eigenvalue weighted by molar-refractivity contribution is -0.129. The summed E-state index contributed by atoms with van der Waals surface area (Å²) < 4.78 is 0. The predicted octanol–water partition coefficient (Wildman–Crippen LogP) is 1.79. The number of likely N-dealkylation sites (tertiary alicyclic amines) is 1. The Bertz CT molecular complexity index is 586. The molecule has 5 nitrogen and oxygen atoms in total. The molecule has 3 unspecified atom stereocenters. The van der Waals surface area contributed by atoms with Crippen molar-refractivity contribution in [2.75, 3.05) is 20.1 Å². The van der Waals surface area contributed by atoms with E-state index in [0.29, 0.717) is 24.4 Å². The van der Waals surface area contributed by atoms with Crippen LogP contribution in [0, 0.1) is 5.92 Å². The molecule has 0 aromatic heterocycles. The first-order chi connectivity index (χ1) is 11.7. The topological polar surface area (TPSA) is 56.7 Å². The number of nitrogens with one attached hydrogen (secondary N) is 2. The molecule has 2 fully saturated rings. The minimum Gasteiger partial charge on any atom is -0.353 e. The Hall–Kier alpha value is -2.04. The van der Waals surface area contributed by atoms with Crippen molar-refractivity contribution < 1.29 is 4.79 Å². The average molecular weight is 328 g/mol. The van der Waals surface area contributed by atoms with Crippen LogP contribution in [0.3, 0.4) is 0 Å². The Morgan fingerprint density at radius 1 is 1.29 bits per heavy atom. The second kappa shape index (κ2) is 7.69. The van der Waals surface area contributed by atoms with Crippen LogP contribution in [0.4, 0.5) is 0 Å². The minimum atomic E-state index is 0.243. The molecule has 5 heteroatoms. The van der Waals surface area contributed by atoms with Gasteiger partial charge in [-0.15, -0.1) is 0 Å². The van der Waals surface area contributed by atoms with Gasteiger partial charge in [0.1, 0.15) is 0 Å². The van der Waals surface area contributed by atoms with E-state index in [0.717, 1.165) is 31.9 Å². The van der Waals surface area contributed by atoms with Crippen LogP contribution in [0.25, 0.3) is 0 Å². The third-order valence-electron chi connectivity index (χ3n) is 4.99. The summed E-state index contributed by atoms with van der Waals surface area (Å²) in [4.78, 5) is 18.1. The van der Waals surface area contributed by atoms with E-state index in [4.69, 9.17) is 0 Å². The summed E-state index contributed by atoms with van der Waals surface area (Å²) in [6.45, 7) is 3.55. The third-order valence-corrected chi connectivity index (χ3v) is 4.99. The molecule has 1 saturated carbocycles. The van der Waals surface area contributed by atoms with Gasteiger partial charge in [-0.3, -0.25) is 9.79 Å². The molecule has 2 aliphatic rings. The van der Waals surface area contributed by atoms with Gasteiger partial charge < -0.3 is 15.5 Å². The van der Waals surface area contributed by atoms with Crippen molar-refractivity contribution in [3.05, 3.63) is 35.9 Å². The van der Waals surface area contributed by atoms with Crippen LogP contribution in [0.2, 0.25) is 0 Å². The number of benzene rings is 1. The van der Waals surface area contributed by atoms with Crippen LogP contribution in [0.15, 0.2) is 35.3 Å². The molecule has 1 heterocycles. The zero-order valence-corrected chi connectivity index (χ0v) is 14.7. The van der Waals surface area contributed by atoms with Crippen molar-refractivity contribution in [1.29, 1.82) is 0 Å². The Kier molecular flexibility index (Phi) is 5.38. The van der Waals surface area contributed by atoms with Gasteiger partial charge in [0.2, 0.25) is 5.91 Å². The van der Waals surface area contributed by atoms with E-state index in [9.17, 15) is 4.79 Å². The van der Waals surface area contributed by atoms with E-state index < -0.39 is 0 Å². The number of carbonyl (C=O) groups is 1. The molecule has 0 bridgehead atoms. The molecule has 2 N–H and O–H groups in total. The quantitative estimate of drug-likeness (QED) is 0.640. The van der Waals surface area contributed by atoms with E-state index in [1.807, 2.05) is 18.9 Å². The first kappa shape index (κ1) is 16.8. The first-order valence-electron chi connectivity index (χ1n) is 9.01. The van der Waals surface area contributed by atoms with Crippen molar-refractivity contribution >= 4 is 11.9 Å². The van der Waals surface area contributed by atoms with Crippen LogP contribution in [-0.4, -0.2) is 49.0 Å². The summed E-state index contributed by atoms with van der Waals surface area (Å²) in [6, 6.07) is 11.5. The van der Waals surface area contributed by atoms with Crippen molar-refractivity contribution in [2.45, 2.75) is 44.7 Å². The molecule has 0 spiro atoms. The smallest absolute Gasteiger partial charge is 0.222 e. The lowest BCUT2D eigenvalue weighted by atomic mass is 10.1. The molecular weight excluding hydrogens is 300 g/mol. The monoisotopic (exact) mass is 328 g/mol. The van der Waals surface area contributed by atoms with Gasteiger partial charge in [0.15, 0.2) is 5.96 Å². The fraction of sp³-hybridized carbons (Fsp3) is 0.579. The minimum absolute atomic E-state index is 0.243. The summed E-state index contributed by atoms with van der Waals surface area (Å²) in [5, 5.41) is 7.01. The van der Waals surface area contributed by atoms with E-state index in [1.54, 1.807) is 0 Å². The largest absolute Gasteiger partial charge is 0.353 e. The van der Waals surface area contributed by atoms with Gasteiger partial charge in [-0.25, -0.2) is 0 Å². The van der Waals surface area contributed by atoms with Crippen molar-refractivity contribution in [2.24, 2.45) is 10.9 Å². The van der Waals surface area contributed by atoms with Crippen LogP contribution >= 0.6 is 0 Å². The second-order valence-electron chi connectivity index (χ2n) is 6.83. The maximum atomic E-state index is 11.8. The Labute approximate surface area is 144 Å². The SMILES string of the molecule is CCC(=O)N1CCC(NC(=NC)NC2CC2Cc2ccccc2)C1. The van der Waals surface area contributed by atoms with E-state index in [2.05, 4.69) is 46.0 Å². The number of guanidine groups is 1. The van der Waals surface area contributed by atoms with E-state index >= 15 is 0 Å². The fourth-order valence-electron chi connectivity index (χ4n) is 3.43. The first-order valence-corrected chi connectivity index (χ1v) is 9.01. The Morgan fingerprint density at radius 2 is 2.08 bits per heavy atom. The molecule has 1 aliphatic carbocycles. The molecule has 0 radical (unpaired) electrons. The molecule has 1 aromatic carbocycles. The lowest BCUT2D eigenvalue weighted by Gasteiger charge is -2.18. The second-order valence-corrected chi connectivity index (χ2v) is 6.83. The third kappa shape index (κ3) is 4.28. The van der Waals surface area contributed by atoms with Crippen molar-refractivity contribution in [3.63, 3.8) is 0 Å². The van der Waals surface area contributed by atoms with Crippen LogP contribution in [0.5, 0.6) is 0 Å². The Balaban J connectivity index is 1.43. The summed E-state index contributed by atoms with van der Waals surface area (Å²) in [5.74, 6) is 1.80. The maximum Gasteiger partial charge on any atom is 0.222 e. The molecule has 1 aromatic rings. The van der Waals surface area contributed by atoms with Gasteiger partial charge in [-0.05, 0) is 30.7 Å². The predicted molar refractivity (Wildman–Crippen MR) is 96.9 cm³/mol. The molecule has 1 aliphatic heterocycles. The standard InChI is InChI=1S/C19H28N4O/c1-3-18(24)23-10-9-16(13-23)21-19(20-2)22-17-12-15(17)11-14-7-5-4-6-8-14/h4-8,15-17H,3,9-13H2,1-2H3,(H2,20,21,22). The van der Waals surface area contributed by atoms with Crippen molar-refractivity contribution in [3.8, 4) is 0 Å². The zero-order chi connectivity index (χ0) is 16.9.